The first-order valence-electron chi connectivity index (χ1n) is 10.0. The van der Waals surface area contributed by atoms with Crippen molar-refractivity contribution < 1.29 is 0 Å². The monoisotopic (exact) mass is 392 g/mol. The van der Waals surface area contributed by atoms with Crippen LogP contribution in [0.25, 0.3) is 6.08 Å². The summed E-state index contributed by atoms with van der Waals surface area (Å²) in [5.41, 5.74) is 4.35. The van der Waals surface area contributed by atoms with E-state index in [0.717, 1.165) is 6.42 Å². The van der Waals surface area contributed by atoms with E-state index in [1.54, 1.807) is 0 Å². The van der Waals surface area contributed by atoms with Crippen LogP contribution in [0.3, 0.4) is 0 Å². The minimum absolute atomic E-state index is 0.446. The zero-order valence-corrected chi connectivity index (χ0v) is 17.6. The Hall–Kier alpha value is -2.95. The molecule has 0 heterocycles. The second-order valence-electron chi connectivity index (χ2n) is 7.21. The first-order valence-corrected chi connectivity index (χ1v) is 11.4. The molecule has 1 heteroatoms. The Bertz CT molecular complexity index is 973. The van der Waals surface area contributed by atoms with E-state index in [9.17, 15) is 0 Å². The highest BCUT2D eigenvalue weighted by molar-refractivity contribution is 7.79. The van der Waals surface area contributed by atoms with Crippen LogP contribution in [0.1, 0.15) is 18.1 Å². The van der Waals surface area contributed by atoms with E-state index in [1.165, 1.54) is 32.6 Å². The molecule has 1 aliphatic carbocycles. The van der Waals surface area contributed by atoms with Crippen molar-refractivity contribution in [2.24, 2.45) is 0 Å². The molecule has 0 atom stereocenters. The largest absolute Gasteiger partial charge is 0.0683 e. The summed E-state index contributed by atoms with van der Waals surface area (Å²) in [6.07, 6.45) is 3.41. The second kappa shape index (κ2) is 9.50. The highest BCUT2D eigenvalue weighted by atomic mass is 31.1. The third-order valence-electron chi connectivity index (χ3n) is 4.97. The van der Waals surface area contributed by atoms with Gasteiger partial charge in [0.15, 0.2) is 0 Å². The van der Waals surface area contributed by atoms with Gasteiger partial charge in [-0.05, 0) is 48.3 Å². The van der Waals surface area contributed by atoms with Gasteiger partial charge in [-0.3, -0.25) is 0 Å². The third kappa shape index (κ3) is 4.91. The highest BCUT2D eigenvalue weighted by Gasteiger charge is 2.15. The van der Waals surface area contributed by atoms with Crippen molar-refractivity contribution in [3.8, 4) is 0 Å². The Kier molecular flexibility index (Phi) is 6.35. The zero-order valence-electron chi connectivity index (χ0n) is 16.7. The maximum Gasteiger partial charge on any atom is -0.00606 e. The van der Waals surface area contributed by atoms with Gasteiger partial charge in [0.05, 0.1) is 0 Å². The molecule has 0 spiro atoms. The lowest BCUT2D eigenvalue weighted by Gasteiger charge is -2.18. The SMILES string of the molecule is CC1=Cc2ccccc2C1.c1ccc(P(c2ccccc2)c2ccccc2)cc1. The molecular formula is C28H25P. The summed E-state index contributed by atoms with van der Waals surface area (Å²) in [4.78, 5) is 0. The average molecular weight is 392 g/mol. The summed E-state index contributed by atoms with van der Waals surface area (Å²) >= 11 is 0. The lowest BCUT2D eigenvalue weighted by atomic mass is 10.1. The van der Waals surface area contributed by atoms with E-state index in [-0.39, 0.29) is 0 Å². The molecule has 0 radical (unpaired) electrons. The molecule has 0 aromatic heterocycles. The van der Waals surface area contributed by atoms with Gasteiger partial charge in [0.25, 0.3) is 0 Å². The summed E-state index contributed by atoms with van der Waals surface area (Å²) in [6, 6.07) is 40.9. The molecular weight excluding hydrogens is 367 g/mol. The normalized spacial score (nSPS) is 12.0. The van der Waals surface area contributed by atoms with Gasteiger partial charge in [-0.25, -0.2) is 0 Å². The van der Waals surface area contributed by atoms with Crippen LogP contribution in [0, 0.1) is 0 Å². The van der Waals surface area contributed by atoms with Gasteiger partial charge in [0, 0.05) is 0 Å². The Morgan fingerprint density at radius 3 is 1.38 bits per heavy atom. The van der Waals surface area contributed by atoms with Crippen molar-refractivity contribution in [2.75, 3.05) is 0 Å². The minimum atomic E-state index is -0.446. The molecule has 0 nitrogen and oxygen atoms in total. The highest BCUT2D eigenvalue weighted by Crippen LogP contribution is 2.32. The number of hydrogen-bond donors (Lipinski definition) is 0. The molecule has 142 valence electrons. The van der Waals surface area contributed by atoms with E-state index in [2.05, 4.69) is 128 Å². The second-order valence-corrected chi connectivity index (χ2v) is 9.43. The van der Waals surface area contributed by atoms with E-state index in [0.29, 0.717) is 0 Å². The number of fused-ring (bicyclic) bond motifs is 1. The third-order valence-corrected chi connectivity index (χ3v) is 7.41. The Balaban J connectivity index is 0.000000171. The van der Waals surface area contributed by atoms with Crippen LogP contribution in [0.5, 0.6) is 0 Å². The Morgan fingerprint density at radius 2 is 0.931 bits per heavy atom. The first-order chi connectivity index (χ1) is 14.3. The predicted molar refractivity (Wildman–Crippen MR) is 129 cm³/mol. The predicted octanol–water partition coefficient (Wildman–Crippen LogP) is 6.09. The number of rotatable bonds is 3. The molecule has 0 N–H and O–H groups in total. The van der Waals surface area contributed by atoms with Gasteiger partial charge >= 0.3 is 0 Å². The van der Waals surface area contributed by atoms with Gasteiger partial charge in [-0.15, -0.1) is 0 Å². The first kappa shape index (κ1) is 19.4. The summed E-state index contributed by atoms with van der Waals surface area (Å²) in [5.74, 6) is 0. The zero-order chi connectivity index (χ0) is 19.9. The van der Waals surface area contributed by atoms with Crippen LogP contribution in [0.4, 0.5) is 0 Å². The van der Waals surface area contributed by atoms with E-state index in [1.807, 2.05) is 0 Å². The topological polar surface area (TPSA) is 0 Å². The van der Waals surface area contributed by atoms with Crippen molar-refractivity contribution in [3.05, 3.63) is 132 Å². The van der Waals surface area contributed by atoms with Gasteiger partial charge in [-0.1, -0.05) is 127 Å². The number of allylic oxidation sites excluding steroid dienone is 1. The molecule has 29 heavy (non-hydrogen) atoms. The molecule has 4 aromatic carbocycles. The lowest BCUT2D eigenvalue weighted by molar-refractivity contribution is 1.20. The lowest BCUT2D eigenvalue weighted by Crippen LogP contribution is -2.20. The van der Waals surface area contributed by atoms with E-state index >= 15 is 0 Å². The number of hydrogen-bond acceptors (Lipinski definition) is 0. The molecule has 0 fully saturated rings. The van der Waals surface area contributed by atoms with Crippen LogP contribution in [-0.2, 0) is 6.42 Å². The average Bonchev–Trinajstić information content (AvgIpc) is 3.17. The summed E-state index contributed by atoms with van der Waals surface area (Å²) < 4.78 is 0. The molecule has 0 unspecified atom stereocenters. The van der Waals surface area contributed by atoms with Crippen molar-refractivity contribution in [1.82, 2.24) is 0 Å². The quantitative estimate of drug-likeness (QED) is 0.370. The van der Waals surface area contributed by atoms with E-state index < -0.39 is 7.92 Å². The van der Waals surface area contributed by atoms with Gasteiger partial charge in [-0.2, -0.15) is 0 Å². The van der Waals surface area contributed by atoms with Crippen molar-refractivity contribution in [1.29, 1.82) is 0 Å². The van der Waals surface area contributed by atoms with Gasteiger partial charge in [0.1, 0.15) is 0 Å². The summed E-state index contributed by atoms with van der Waals surface area (Å²) in [7, 11) is -0.446. The molecule has 0 amide bonds. The Morgan fingerprint density at radius 1 is 0.517 bits per heavy atom. The molecule has 0 saturated carbocycles. The molecule has 0 bridgehead atoms. The summed E-state index contributed by atoms with van der Waals surface area (Å²) in [6.45, 7) is 2.18. The maximum atomic E-state index is 2.26. The fourth-order valence-corrected chi connectivity index (χ4v) is 5.94. The maximum absolute atomic E-state index is 2.26. The molecule has 1 aliphatic rings. The van der Waals surface area contributed by atoms with Crippen molar-refractivity contribution >= 4 is 29.9 Å². The summed E-state index contributed by atoms with van der Waals surface area (Å²) in [5, 5.41) is 4.19. The Labute approximate surface area is 175 Å². The number of benzene rings is 4. The minimum Gasteiger partial charge on any atom is -0.0683 e. The van der Waals surface area contributed by atoms with Crippen LogP contribution in [0.15, 0.2) is 121 Å². The molecule has 4 aromatic rings. The van der Waals surface area contributed by atoms with Gasteiger partial charge in [0.2, 0.25) is 0 Å². The van der Waals surface area contributed by atoms with Crippen LogP contribution in [0.2, 0.25) is 0 Å². The van der Waals surface area contributed by atoms with Crippen molar-refractivity contribution in [3.63, 3.8) is 0 Å². The fourth-order valence-electron chi connectivity index (χ4n) is 3.63. The van der Waals surface area contributed by atoms with Crippen LogP contribution < -0.4 is 15.9 Å². The smallest absolute Gasteiger partial charge is 0.00606 e. The standard InChI is InChI=1S/C18H15P.C10H10/c1-4-10-16(11-5-1)19(17-12-6-2-7-13-17)18-14-8-3-9-15-18;1-8-6-9-4-2-3-5-10(9)7-8/h1-15H;2-6H,7H2,1H3. The van der Waals surface area contributed by atoms with Crippen LogP contribution in [-0.4, -0.2) is 0 Å². The molecule has 5 rings (SSSR count). The van der Waals surface area contributed by atoms with E-state index in [4.69, 9.17) is 0 Å². The molecule has 0 saturated heterocycles. The fraction of sp³-hybridized carbons (Fsp3) is 0.0714. The molecule has 0 aliphatic heterocycles. The van der Waals surface area contributed by atoms with Gasteiger partial charge < -0.3 is 0 Å². The van der Waals surface area contributed by atoms with Crippen molar-refractivity contribution in [2.45, 2.75) is 13.3 Å². The van der Waals surface area contributed by atoms with Crippen LogP contribution >= 0.6 is 7.92 Å².